The monoisotopic (exact) mass is 325 g/mol. The second-order valence-corrected chi connectivity index (χ2v) is 5.59. The van der Waals surface area contributed by atoms with Gasteiger partial charge in [-0.15, -0.1) is 0 Å². The van der Waals surface area contributed by atoms with Gasteiger partial charge >= 0.3 is 0 Å². The molecular formula is C17H19N5O2. The summed E-state index contributed by atoms with van der Waals surface area (Å²) >= 11 is 0. The van der Waals surface area contributed by atoms with E-state index < -0.39 is 0 Å². The van der Waals surface area contributed by atoms with Crippen LogP contribution in [0.25, 0.3) is 0 Å². The van der Waals surface area contributed by atoms with Gasteiger partial charge in [-0.2, -0.15) is 5.10 Å². The minimum atomic E-state index is -0.105. The third-order valence-corrected chi connectivity index (χ3v) is 3.66. The third kappa shape index (κ3) is 4.28. The number of aromatic nitrogens is 4. The van der Waals surface area contributed by atoms with E-state index in [0.29, 0.717) is 18.7 Å². The van der Waals surface area contributed by atoms with Gasteiger partial charge in [-0.25, -0.2) is 4.98 Å². The standard InChI is InChI=1S/C17H19N5O2/c1-13-9-15(24-21-13)10-17(23)20-16(14-5-3-2-4-6-14)7-8-22-12-18-11-19-22/h2-6,9,11-12,16H,7-8,10H2,1H3,(H,20,23)/t16-/m0/s1. The Morgan fingerprint density at radius 1 is 1.33 bits per heavy atom. The molecule has 7 nitrogen and oxygen atoms in total. The van der Waals surface area contributed by atoms with Crippen molar-refractivity contribution in [2.24, 2.45) is 0 Å². The molecule has 2 heterocycles. The first-order valence-corrected chi connectivity index (χ1v) is 7.79. The van der Waals surface area contributed by atoms with Crippen LogP contribution in [-0.2, 0) is 17.8 Å². The van der Waals surface area contributed by atoms with E-state index >= 15 is 0 Å². The van der Waals surface area contributed by atoms with E-state index in [1.807, 2.05) is 37.3 Å². The van der Waals surface area contributed by atoms with Crippen LogP contribution in [0.15, 0.2) is 53.6 Å². The fourth-order valence-corrected chi connectivity index (χ4v) is 2.52. The van der Waals surface area contributed by atoms with Crippen LogP contribution in [0.4, 0.5) is 0 Å². The molecule has 0 aliphatic carbocycles. The van der Waals surface area contributed by atoms with Crippen LogP contribution in [0.1, 0.15) is 29.5 Å². The molecule has 0 spiro atoms. The highest BCUT2D eigenvalue weighted by atomic mass is 16.5. The maximum absolute atomic E-state index is 12.3. The van der Waals surface area contributed by atoms with Crippen molar-refractivity contribution in [3.8, 4) is 0 Å². The Morgan fingerprint density at radius 2 is 2.17 bits per heavy atom. The quantitative estimate of drug-likeness (QED) is 0.718. The zero-order valence-electron chi connectivity index (χ0n) is 13.4. The number of nitrogens with one attached hydrogen (secondary N) is 1. The Balaban J connectivity index is 1.65. The summed E-state index contributed by atoms with van der Waals surface area (Å²) in [7, 11) is 0. The first-order valence-electron chi connectivity index (χ1n) is 7.79. The highest BCUT2D eigenvalue weighted by Gasteiger charge is 2.16. The number of nitrogens with zero attached hydrogens (tertiary/aromatic N) is 4. The van der Waals surface area contributed by atoms with E-state index in [4.69, 9.17) is 4.52 Å². The minimum Gasteiger partial charge on any atom is -0.361 e. The lowest BCUT2D eigenvalue weighted by Crippen LogP contribution is -2.30. The van der Waals surface area contributed by atoms with Gasteiger partial charge in [0.05, 0.1) is 18.2 Å². The summed E-state index contributed by atoms with van der Waals surface area (Å²) in [5.74, 6) is 0.465. The van der Waals surface area contributed by atoms with Gasteiger partial charge < -0.3 is 9.84 Å². The first kappa shape index (κ1) is 15.9. The summed E-state index contributed by atoms with van der Waals surface area (Å²) < 4.78 is 6.86. The lowest BCUT2D eigenvalue weighted by Gasteiger charge is -2.19. The van der Waals surface area contributed by atoms with Gasteiger partial charge in [-0.1, -0.05) is 35.5 Å². The maximum Gasteiger partial charge on any atom is 0.228 e. The van der Waals surface area contributed by atoms with Gasteiger partial charge in [0.15, 0.2) is 0 Å². The smallest absolute Gasteiger partial charge is 0.228 e. The Morgan fingerprint density at radius 3 is 2.83 bits per heavy atom. The average Bonchev–Trinajstić information content (AvgIpc) is 3.24. The van der Waals surface area contributed by atoms with E-state index in [1.165, 1.54) is 6.33 Å². The summed E-state index contributed by atoms with van der Waals surface area (Å²) in [6, 6.07) is 11.6. The molecule has 0 unspecified atom stereocenters. The molecule has 0 fully saturated rings. The van der Waals surface area contributed by atoms with E-state index in [-0.39, 0.29) is 18.4 Å². The van der Waals surface area contributed by atoms with E-state index in [9.17, 15) is 4.79 Å². The van der Waals surface area contributed by atoms with Crippen molar-refractivity contribution >= 4 is 5.91 Å². The van der Waals surface area contributed by atoms with Gasteiger partial charge in [-0.05, 0) is 18.9 Å². The molecule has 0 bridgehead atoms. The predicted octanol–water partition coefficient (Wildman–Crippen LogP) is 2.06. The SMILES string of the molecule is Cc1cc(CC(=O)N[C@@H](CCn2cncn2)c2ccccc2)on1. The van der Waals surface area contributed by atoms with Crippen molar-refractivity contribution in [2.75, 3.05) is 0 Å². The number of hydrogen-bond acceptors (Lipinski definition) is 5. The number of hydrogen-bond donors (Lipinski definition) is 1. The molecule has 3 aromatic rings. The van der Waals surface area contributed by atoms with Gasteiger partial charge in [0.25, 0.3) is 0 Å². The van der Waals surface area contributed by atoms with Crippen LogP contribution < -0.4 is 5.32 Å². The van der Waals surface area contributed by atoms with E-state index in [2.05, 4.69) is 20.6 Å². The number of rotatable bonds is 7. The molecule has 0 radical (unpaired) electrons. The molecule has 0 aliphatic heterocycles. The van der Waals surface area contributed by atoms with Gasteiger partial charge in [0, 0.05) is 12.6 Å². The fraction of sp³-hybridized carbons (Fsp3) is 0.294. The summed E-state index contributed by atoms with van der Waals surface area (Å²) in [5.41, 5.74) is 1.82. The minimum absolute atomic E-state index is 0.0985. The van der Waals surface area contributed by atoms with Crippen LogP contribution in [0, 0.1) is 6.92 Å². The zero-order valence-corrected chi connectivity index (χ0v) is 13.4. The number of aryl methyl sites for hydroxylation is 2. The van der Waals surface area contributed by atoms with Crippen LogP contribution in [0.3, 0.4) is 0 Å². The molecule has 7 heteroatoms. The Labute approximate surface area is 139 Å². The van der Waals surface area contributed by atoms with Gasteiger partial charge in [0.2, 0.25) is 5.91 Å². The topological polar surface area (TPSA) is 85.8 Å². The van der Waals surface area contributed by atoms with Crippen LogP contribution >= 0.6 is 0 Å². The van der Waals surface area contributed by atoms with Crippen molar-refractivity contribution < 1.29 is 9.32 Å². The van der Waals surface area contributed by atoms with Crippen LogP contribution in [0.5, 0.6) is 0 Å². The van der Waals surface area contributed by atoms with Crippen LogP contribution in [0.2, 0.25) is 0 Å². The van der Waals surface area contributed by atoms with Crippen LogP contribution in [-0.4, -0.2) is 25.8 Å². The zero-order chi connectivity index (χ0) is 16.8. The second-order valence-electron chi connectivity index (χ2n) is 5.59. The summed E-state index contributed by atoms with van der Waals surface area (Å²) in [6.45, 7) is 2.50. The first-order chi connectivity index (χ1) is 11.7. The van der Waals surface area contributed by atoms with Gasteiger partial charge in [0.1, 0.15) is 18.4 Å². The Kier molecular flexibility index (Phi) is 5.00. The molecule has 3 rings (SSSR count). The molecule has 0 saturated heterocycles. The Bertz CT molecular complexity index is 767. The van der Waals surface area contributed by atoms with Crippen molar-refractivity contribution in [1.29, 1.82) is 0 Å². The summed E-state index contributed by atoms with van der Waals surface area (Å²) in [5, 5.41) is 11.0. The van der Waals surface area contributed by atoms with Crippen molar-refractivity contribution in [3.63, 3.8) is 0 Å². The number of carbonyl (C=O) groups excluding carboxylic acids is 1. The molecule has 1 aromatic carbocycles. The Hall–Kier alpha value is -2.96. The lowest BCUT2D eigenvalue weighted by atomic mass is 10.0. The van der Waals surface area contributed by atoms with E-state index in [1.54, 1.807) is 17.1 Å². The summed E-state index contributed by atoms with van der Waals surface area (Å²) in [4.78, 5) is 16.3. The predicted molar refractivity (Wildman–Crippen MR) is 86.9 cm³/mol. The molecular weight excluding hydrogens is 306 g/mol. The third-order valence-electron chi connectivity index (χ3n) is 3.66. The number of benzene rings is 1. The average molecular weight is 325 g/mol. The highest BCUT2D eigenvalue weighted by Crippen LogP contribution is 2.17. The highest BCUT2D eigenvalue weighted by molar-refractivity contribution is 5.78. The largest absolute Gasteiger partial charge is 0.361 e. The van der Waals surface area contributed by atoms with Crippen molar-refractivity contribution in [3.05, 3.63) is 66.1 Å². The number of carbonyl (C=O) groups is 1. The molecule has 1 amide bonds. The summed E-state index contributed by atoms with van der Waals surface area (Å²) in [6.07, 6.45) is 4.06. The fourth-order valence-electron chi connectivity index (χ4n) is 2.52. The van der Waals surface area contributed by atoms with Crippen molar-refractivity contribution in [2.45, 2.75) is 32.4 Å². The molecule has 0 saturated carbocycles. The lowest BCUT2D eigenvalue weighted by molar-refractivity contribution is -0.121. The number of amides is 1. The van der Waals surface area contributed by atoms with Crippen molar-refractivity contribution in [1.82, 2.24) is 25.2 Å². The molecule has 1 atom stereocenters. The van der Waals surface area contributed by atoms with E-state index in [0.717, 1.165) is 11.3 Å². The molecule has 0 aliphatic rings. The molecule has 24 heavy (non-hydrogen) atoms. The molecule has 124 valence electrons. The molecule has 1 N–H and O–H groups in total. The normalized spacial score (nSPS) is 12.0. The molecule has 2 aromatic heterocycles. The second kappa shape index (κ2) is 7.54. The van der Waals surface area contributed by atoms with Gasteiger partial charge in [-0.3, -0.25) is 9.48 Å². The maximum atomic E-state index is 12.3.